The van der Waals surface area contributed by atoms with E-state index in [1.165, 1.54) is 12.8 Å². The molecule has 1 aliphatic rings. The van der Waals surface area contributed by atoms with Gasteiger partial charge in [0.05, 0.1) is 12.1 Å². The molecule has 94 valence electrons. The van der Waals surface area contributed by atoms with Crippen LogP contribution in [0.5, 0.6) is 0 Å². The predicted octanol–water partition coefficient (Wildman–Crippen LogP) is 4.52. The molecule has 1 atom stereocenters. The van der Waals surface area contributed by atoms with E-state index in [9.17, 15) is 0 Å². The van der Waals surface area contributed by atoms with Crippen LogP contribution >= 0.6 is 23.2 Å². The summed E-state index contributed by atoms with van der Waals surface area (Å²) in [6, 6.07) is 5.60. The molecule has 1 saturated carbocycles. The van der Waals surface area contributed by atoms with Gasteiger partial charge in [-0.15, -0.1) is 0 Å². The number of hydroxylamine groups is 1. The molecule has 1 unspecified atom stereocenters. The van der Waals surface area contributed by atoms with Crippen LogP contribution in [0.25, 0.3) is 0 Å². The van der Waals surface area contributed by atoms with Gasteiger partial charge in [0.15, 0.2) is 0 Å². The van der Waals surface area contributed by atoms with Crippen LogP contribution in [0.1, 0.15) is 44.2 Å². The van der Waals surface area contributed by atoms with E-state index in [2.05, 4.69) is 5.48 Å². The fourth-order valence-corrected chi connectivity index (χ4v) is 2.69. The zero-order chi connectivity index (χ0) is 12.3. The Balaban J connectivity index is 1.91. The van der Waals surface area contributed by atoms with E-state index in [0.29, 0.717) is 16.1 Å². The third-order valence-electron chi connectivity index (χ3n) is 3.14. The van der Waals surface area contributed by atoms with E-state index < -0.39 is 0 Å². The van der Waals surface area contributed by atoms with Gasteiger partial charge < -0.3 is 0 Å². The lowest BCUT2D eigenvalue weighted by molar-refractivity contribution is -0.0376. The van der Waals surface area contributed by atoms with E-state index in [1.807, 2.05) is 19.1 Å². The molecule has 0 aromatic heterocycles. The van der Waals surface area contributed by atoms with E-state index in [0.717, 1.165) is 18.4 Å². The first-order valence-corrected chi connectivity index (χ1v) is 6.78. The van der Waals surface area contributed by atoms with Crippen LogP contribution < -0.4 is 5.48 Å². The molecule has 0 saturated heterocycles. The first-order chi connectivity index (χ1) is 8.16. The Morgan fingerprint density at radius 2 is 2.00 bits per heavy atom. The topological polar surface area (TPSA) is 21.3 Å². The Hall–Kier alpha value is -0.280. The number of benzene rings is 1. The number of rotatable bonds is 4. The fraction of sp³-hybridized carbons (Fsp3) is 0.538. The summed E-state index contributed by atoms with van der Waals surface area (Å²) in [5.41, 5.74) is 4.08. The Morgan fingerprint density at radius 3 is 2.65 bits per heavy atom. The summed E-state index contributed by atoms with van der Waals surface area (Å²) >= 11 is 12.0. The minimum absolute atomic E-state index is 0.0698. The van der Waals surface area contributed by atoms with Crippen LogP contribution in [-0.4, -0.2) is 6.10 Å². The molecule has 0 heterocycles. The minimum Gasteiger partial charge on any atom is -0.298 e. The average molecular weight is 274 g/mol. The molecule has 2 rings (SSSR count). The van der Waals surface area contributed by atoms with Gasteiger partial charge in [-0.3, -0.25) is 4.84 Å². The van der Waals surface area contributed by atoms with Gasteiger partial charge in [-0.25, -0.2) is 0 Å². The van der Waals surface area contributed by atoms with Crippen LogP contribution in [0, 0.1) is 0 Å². The molecule has 0 radical (unpaired) electrons. The molecule has 1 aromatic carbocycles. The molecule has 0 amide bonds. The van der Waals surface area contributed by atoms with Crippen molar-refractivity contribution in [3.8, 4) is 0 Å². The quantitative estimate of drug-likeness (QED) is 0.815. The Kier molecular flexibility index (Phi) is 4.69. The van der Waals surface area contributed by atoms with Crippen LogP contribution in [-0.2, 0) is 4.84 Å². The van der Waals surface area contributed by atoms with Crippen molar-refractivity contribution >= 4 is 23.2 Å². The number of halogens is 2. The molecule has 1 N–H and O–H groups in total. The Bertz CT molecular complexity index is 378. The van der Waals surface area contributed by atoms with E-state index in [4.69, 9.17) is 28.0 Å². The van der Waals surface area contributed by atoms with Crippen molar-refractivity contribution in [3.63, 3.8) is 0 Å². The zero-order valence-electron chi connectivity index (χ0n) is 9.88. The van der Waals surface area contributed by atoms with Gasteiger partial charge in [0, 0.05) is 10.0 Å². The molecule has 1 aromatic rings. The van der Waals surface area contributed by atoms with Gasteiger partial charge in [-0.2, -0.15) is 5.48 Å². The highest BCUT2D eigenvalue weighted by atomic mass is 35.5. The summed E-state index contributed by atoms with van der Waals surface area (Å²) in [5, 5.41) is 1.33. The van der Waals surface area contributed by atoms with Gasteiger partial charge in [-0.1, -0.05) is 42.1 Å². The second-order valence-electron chi connectivity index (χ2n) is 4.53. The van der Waals surface area contributed by atoms with Crippen LogP contribution in [0.2, 0.25) is 10.0 Å². The maximum atomic E-state index is 6.14. The summed E-state index contributed by atoms with van der Waals surface area (Å²) in [7, 11) is 0. The van der Waals surface area contributed by atoms with E-state index >= 15 is 0 Å². The molecule has 1 fully saturated rings. The SMILES string of the molecule is CC(NOC1CCCC1)c1ccc(Cl)cc1Cl. The first kappa shape index (κ1) is 13.2. The highest BCUT2D eigenvalue weighted by Gasteiger charge is 2.17. The summed E-state index contributed by atoms with van der Waals surface area (Å²) < 4.78 is 0. The molecular weight excluding hydrogens is 257 g/mol. The van der Waals surface area contributed by atoms with Crippen molar-refractivity contribution in [1.29, 1.82) is 0 Å². The molecule has 0 bridgehead atoms. The number of nitrogens with one attached hydrogen (secondary N) is 1. The molecule has 17 heavy (non-hydrogen) atoms. The summed E-state index contributed by atoms with van der Waals surface area (Å²) in [6.07, 6.45) is 5.18. The monoisotopic (exact) mass is 273 g/mol. The highest BCUT2D eigenvalue weighted by molar-refractivity contribution is 6.35. The summed E-state index contributed by atoms with van der Waals surface area (Å²) in [4.78, 5) is 5.66. The first-order valence-electron chi connectivity index (χ1n) is 6.03. The van der Waals surface area contributed by atoms with Crippen molar-refractivity contribution in [1.82, 2.24) is 5.48 Å². The largest absolute Gasteiger partial charge is 0.298 e. The van der Waals surface area contributed by atoms with Crippen LogP contribution in [0.3, 0.4) is 0 Å². The van der Waals surface area contributed by atoms with Crippen molar-refractivity contribution in [2.45, 2.75) is 44.8 Å². The third-order valence-corrected chi connectivity index (χ3v) is 3.71. The maximum Gasteiger partial charge on any atom is 0.0790 e. The summed E-state index contributed by atoms with van der Waals surface area (Å²) in [6.45, 7) is 2.03. The minimum atomic E-state index is 0.0698. The average Bonchev–Trinajstić information content (AvgIpc) is 2.78. The van der Waals surface area contributed by atoms with Crippen LogP contribution in [0.4, 0.5) is 0 Å². The van der Waals surface area contributed by atoms with E-state index in [1.54, 1.807) is 6.07 Å². The van der Waals surface area contributed by atoms with Crippen molar-refractivity contribution in [2.75, 3.05) is 0 Å². The lowest BCUT2D eigenvalue weighted by atomic mass is 10.1. The number of hydrogen-bond donors (Lipinski definition) is 1. The molecular formula is C13H17Cl2NO. The summed E-state index contributed by atoms with van der Waals surface area (Å²) in [5.74, 6) is 0. The molecule has 2 nitrogen and oxygen atoms in total. The zero-order valence-corrected chi connectivity index (χ0v) is 11.4. The molecule has 1 aliphatic carbocycles. The maximum absolute atomic E-state index is 6.14. The number of hydrogen-bond acceptors (Lipinski definition) is 2. The lowest BCUT2D eigenvalue weighted by Crippen LogP contribution is -2.24. The Labute approximate surface area is 112 Å². The molecule has 4 heteroatoms. The predicted molar refractivity (Wildman–Crippen MR) is 71.4 cm³/mol. The fourth-order valence-electron chi connectivity index (χ4n) is 2.12. The second-order valence-corrected chi connectivity index (χ2v) is 5.37. The van der Waals surface area contributed by atoms with Crippen LogP contribution in [0.15, 0.2) is 18.2 Å². The third kappa shape index (κ3) is 3.59. The smallest absolute Gasteiger partial charge is 0.0790 e. The van der Waals surface area contributed by atoms with Crippen molar-refractivity contribution in [3.05, 3.63) is 33.8 Å². The van der Waals surface area contributed by atoms with Crippen molar-refractivity contribution < 1.29 is 4.84 Å². The van der Waals surface area contributed by atoms with Gasteiger partial charge in [0.25, 0.3) is 0 Å². The molecule has 0 spiro atoms. The second kappa shape index (κ2) is 6.05. The van der Waals surface area contributed by atoms with E-state index in [-0.39, 0.29) is 6.04 Å². The lowest BCUT2D eigenvalue weighted by Gasteiger charge is -2.18. The van der Waals surface area contributed by atoms with Gasteiger partial charge >= 0.3 is 0 Å². The van der Waals surface area contributed by atoms with Crippen molar-refractivity contribution in [2.24, 2.45) is 0 Å². The molecule has 0 aliphatic heterocycles. The van der Waals surface area contributed by atoms with Gasteiger partial charge in [-0.05, 0) is 37.5 Å². The highest BCUT2D eigenvalue weighted by Crippen LogP contribution is 2.27. The van der Waals surface area contributed by atoms with Gasteiger partial charge in [0.2, 0.25) is 0 Å². The van der Waals surface area contributed by atoms with Gasteiger partial charge in [0.1, 0.15) is 0 Å². The normalized spacial score (nSPS) is 18.5. The standard InChI is InChI=1S/C13H17Cl2NO/c1-9(16-17-11-4-2-3-5-11)12-7-6-10(14)8-13(12)15/h6-9,11,16H,2-5H2,1H3. The Morgan fingerprint density at radius 1 is 1.29 bits per heavy atom.